The van der Waals surface area contributed by atoms with E-state index in [-0.39, 0.29) is 17.9 Å². The number of amides is 1. The molecule has 2 aromatic heterocycles. The molecule has 1 aliphatic carbocycles. The number of hydrogen-bond donors (Lipinski definition) is 2. The number of fused-ring (bicyclic) bond motifs is 1. The number of H-pyrrole nitrogens is 1. The van der Waals surface area contributed by atoms with Gasteiger partial charge in [-0.1, -0.05) is 12.8 Å². The first-order chi connectivity index (χ1) is 13.5. The van der Waals surface area contributed by atoms with E-state index in [4.69, 9.17) is 0 Å². The van der Waals surface area contributed by atoms with Crippen molar-refractivity contribution in [2.75, 3.05) is 5.32 Å². The number of nitrogens with zero attached hydrogens (tertiary/aromatic N) is 2. The van der Waals surface area contributed by atoms with Crippen LogP contribution in [0.5, 0.6) is 0 Å². The normalized spacial score (nSPS) is 14.6. The lowest BCUT2D eigenvalue weighted by molar-refractivity contribution is -0.115. The van der Waals surface area contributed by atoms with Crippen molar-refractivity contribution in [1.29, 1.82) is 0 Å². The first-order valence-corrected chi connectivity index (χ1v) is 10.5. The molecule has 3 aromatic rings. The molecule has 0 aliphatic heterocycles. The second-order valence-corrected chi connectivity index (χ2v) is 8.72. The molecule has 2 N–H and O–H groups in total. The van der Waals surface area contributed by atoms with Gasteiger partial charge in [-0.05, 0) is 51.0 Å². The number of rotatable bonds is 5. The smallest absolute Gasteiger partial charge is 0.266 e. The Balaban J connectivity index is 1.44. The number of anilines is 1. The van der Waals surface area contributed by atoms with E-state index >= 15 is 0 Å². The molecule has 0 bridgehead atoms. The minimum Gasteiger partial charge on any atom is -0.326 e. The first kappa shape index (κ1) is 18.8. The molecule has 1 amide bonds. The van der Waals surface area contributed by atoms with Crippen LogP contribution in [0.3, 0.4) is 0 Å². The van der Waals surface area contributed by atoms with Crippen LogP contribution >= 0.6 is 11.8 Å². The Morgan fingerprint density at radius 2 is 1.96 bits per heavy atom. The molecule has 1 fully saturated rings. The van der Waals surface area contributed by atoms with Crippen LogP contribution in [0.25, 0.3) is 5.65 Å². The quantitative estimate of drug-likeness (QED) is 0.686. The van der Waals surface area contributed by atoms with Crippen molar-refractivity contribution in [2.45, 2.75) is 56.1 Å². The van der Waals surface area contributed by atoms with Crippen LogP contribution in [-0.2, 0) is 11.2 Å². The number of hydrogen-bond acceptors (Lipinski definition) is 4. The second kappa shape index (κ2) is 7.83. The maximum Gasteiger partial charge on any atom is 0.266 e. The molecule has 6 nitrogen and oxygen atoms in total. The van der Waals surface area contributed by atoms with Gasteiger partial charge in [-0.3, -0.25) is 14.7 Å². The number of carbonyl (C=O) groups is 1. The van der Waals surface area contributed by atoms with Crippen LogP contribution in [0.4, 0.5) is 5.69 Å². The summed E-state index contributed by atoms with van der Waals surface area (Å²) in [5.41, 5.74) is 3.56. The van der Waals surface area contributed by atoms with E-state index in [1.807, 2.05) is 37.7 Å². The summed E-state index contributed by atoms with van der Waals surface area (Å²) in [5, 5.41) is 6.41. The van der Waals surface area contributed by atoms with Gasteiger partial charge in [0.25, 0.3) is 5.56 Å². The fraction of sp³-hybridized carbons (Fsp3) is 0.381. The molecule has 4 rings (SSSR count). The number of aromatic amines is 1. The van der Waals surface area contributed by atoms with Crippen molar-refractivity contribution in [3.63, 3.8) is 0 Å². The average molecular weight is 397 g/mol. The third kappa shape index (κ3) is 3.99. The van der Waals surface area contributed by atoms with Gasteiger partial charge < -0.3 is 5.32 Å². The summed E-state index contributed by atoms with van der Waals surface area (Å²) >= 11 is 1.94. The van der Waals surface area contributed by atoms with Gasteiger partial charge in [0, 0.05) is 38.9 Å². The van der Waals surface area contributed by atoms with Gasteiger partial charge in [0.05, 0.1) is 6.42 Å². The van der Waals surface area contributed by atoms with Gasteiger partial charge in [-0.2, -0.15) is 0 Å². The van der Waals surface area contributed by atoms with Gasteiger partial charge in [0.2, 0.25) is 5.91 Å². The summed E-state index contributed by atoms with van der Waals surface area (Å²) in [6.07, 6.45) is 5.48. The fourth-order valence-corrected chi connectivity index (χ4v) is 5.04. The zero-order valence-electron chi connectivity index (χ0n) is 16.1. The predicted molar refractivity (Wildman–Crippen MR) is 112 cm³/mol. The molecule has 0 radical (unpaired) electrons. The SMILES string of the molecule is Cc1nc2cc(=O)[nH]n2c(C)c1CC(=O)Nc1ccc(SC2CCCC2)cc1. The van der Waals surface area contributed by atoms with Gasteiger partial charge in [-0.15, -0.1) is 11.8 Å². The summed E-state index contributed by atoms with van der Waals surface area (Å²) in [6.45, 7) is 3.75. The Morgan fingerprint density at radius 1 is 1.25 bits per heavy atom. The number of thioether (sulfide) groups is 1. The van der Waals surface area contributed by atoms with Gasteiger partial charge >= 0.3 is 0 Å². The van der Waals surface area contributed by atoms with Crippen LogP contribution in [0.2, 0.25) is 0 Å². The molecule has 0 atom stereocenters. The van der Waals surface area contributed by atoms with Gasteiger partial charge in [0.15, 0.2) is 5.65 Å². The number of carbonyl (C=O) groups excluding carboxylic acids is 1. The second-order valence-electron chi connectivity index (χ2n) is 7.35. The minimum atomic E-state index is -0.202. The van der Waals surface area contributed by atoms with Crippen LogP contribution in [-0.4, -0.2) is 25.8 Å². The number of aromatic nitrogens is 3. The zero-order chi connectivity index (χ0) is 19.7. The number of nitrogens with one attached hydrogen (secondary N) is 2. The van der Waals surface area contributed by atoms with Crippen molar-refractivity contribution < 1.29 is 4.79 Å². The van der Waals surface area contributed by atoms with Crippen LogP contribution in [0.1, 0.15) is 42.6 Å². The van der Waals surface area contributed by atoms with E-state index in [9.17, 15) is 9.59 Å². The molecular formula is C21H24N4O2S. The standard InChI is InChI=1S/C21H24N4O2S/c1-13-18(14(2)25-19(22-13)12-21(27)24-25)11-20(26)23-15-7-9-17(10-8-15)28-16-5-3-4-6-16/h7-10,12,16H,3-6,11H2,1-2H3,(H,23,26)(H,24,27). The van der Waals surface area contributed by atoms with E-state index in [0.29, 0.717) is 5.65 Å². The summed E-state index contributed by atoms with van der Waals surface area (Å²) in [4.78, 5) is 29.8. The molecule has 0 unspecified atom stereocenters. The van der Waals surface area contributed by atoms with E-state index in [1.54, 1.807) is 4.52 Å². The van der Waals surface area contributed by atoms with Crippen molar-refractivity contribution in [2.24, 2.45) is 0 Å². The lowest BCUT2D eigenvalue weighted by Crippen LogP contribution is -2.17. The van der Waals surface area contributed by atoms with E-state index in [1.165, 1.54) is 36.6 Å². The molecule has 0 saturated heterocycles. The van der Waals surface area contributed by atoms with E-state index in [2.05, 4.69) is 27.5 Å². The van der Waals surface area contributed by atoms with Gasteiger partial charge in [-0.25, -0.2) is 9.50 Å². The fourth-order valence-electron chi connectivity index (χ4n) is 3.79. The highest BCUT2D eigenvalue weighted by Gasteiger charge is 2.17. The molecule has 1 aliphatic rings. The number of aryl methyl sites for hydroxylation is 2. The van der Waals surface area contributed by atoms with Crippen LogP contribution in [0, 0.1) is 13.8 Å². The molecule has 28 heavy (non-hydrogen) atoms. The molecule has 1 saturated carbocycles. The Bertz CT molecular complexity index is 1060. The van der Waals surface area contributed by atoms with Crippen molar-refractivity contribution in [3.8, 4) is 0 Å². The summed E-state index contributed by atoms with van der Waals surface area (Å²) in [7, 11) is 0. The van der Waals surface area contributed by atoms with Gasteiger partial charge in [0.1, 0.15) is 0 Å². The highest BCUT2D eigenvalue weighted by atomic mass is 32.2. The molecule has 1 aromatic carbocycles. The van der Waals surface area contributed by atoms with Crippen molar-refractivity contribution in [1.82, 2.24) is 14.6 Å². The largest absolute Gasteiger partial charge is 0.326 e. The molecule has 146 valence electrons. The average Bonchev–Trinajstić information content (AvgIpc) is 3.29. The maximum atomic E-state index is 12.6. The summed E-state index contributed by atoms with van der Waals surface area (Å²) in [6, 6.07) is 9.52. The van der Waals surface area contributed by atoms with Crippen LogP contribution in [0.15, 0.2) is 40.0 Å². The van der Waals surface area contributed by atoms with Crippen molar-refractivity contribution in [3.05, 3.63) is 57.6 Å². The monoisotopic (exact) mass is 396 g/mol. The van der Waals surface area contributed by atoms with Crippen molar-refractivity contribution >= 4 is 29.0 Å². The number of benzene rings is 1. The third-order valence-corrected chi connectivity index (χ3v) is 6.63. The molecule has 7 heteroatoms. The predicted octanol–water partition coefficient (Wildman–Crippen LogP) is 3.86. The highest BCUT2D eigenvalue weighted by molar-refractivity contribution is 8.00. The Morgan fingerprint density at radius 3 is 2.68 bits per heavy atom. The summed E-state index contributed by atoms with van der Waals surface area (Å²) in [5.74, 6) is -0.0990. The first-order valence-electron chi connectivity index (χ1n) is 9.64. The van der Waals surface area contributed by atoms with E-state index < -0.39 is 0 Å². The highest BCUT2D eigenvalue weighted by Crippen LogP contribution is 2.34. The zero-order valence-corrected chi connectivity index (χ0v) is 16.9. The Kier molecular flexibility index (Phi) is 5.26. The van der Waals surface area contributed by atoms with E-state index in [0.717, 1.165) is 27.9 Å². The molecule has 0 spiro atoms. The summed E-state index contributed by atoms with van der Waals surface area (Å²) < 4.78 is 1.63. The Labute approximate surface area is 167 Å². The van der Waals surface area contributed by atoms with Crippen LogP contribution < -0.4 is 10.9 Å². The maximum absolute atomic E-state index is 12.6. The third-order valence-electron chi connectivity index (χ3n) is 5.28. The topological polar surface area (TPSA) is 79.3 Å². The Hall–Kier alpha value is -2.54. The minimum absolute atomic E-state index is 0.0990. The lowest BCUT2D eigenvalue weighted by atomic mass is 10.1. The lowest BCUT2D eigenvalue weighted by Gasteiger charge is -2.12. The molecule has 2 heterocycles. The molecular weight excluding hydrogens is 372 g/mol.